The van der Waals surface area contributed by atoms with Gasteiger partial charge in [-0.15, -0.1) is 0 Å². The van der Waals surface area contributed by atoms with E-state index in [0.717, 1.165) is 28.4 Å². The van der Waals surface area contributed by atoms with Crippen LogP contribution in [-0.4, -0.2) is 13.2 Å². The first-order valence-corrected chi connectivity index (χ1v) is 6.12. The second-order valence-electron chi connectivity index (χ2n) is 4.28. The molecule has 0 amide bonds. The molecule has 4 heteroatoms. The van der Waals surface area contributed by atoms with E-state index in [0.29, 0.717) is 13.2 Å². The molecule has 0 aliphatic carbocycles. The van der Waals surface area contributed by atoms with E-state index >= 15 is 0 Å². The van der Waals surface area contributed by atoms with Gasteiger partial charge in [-0.3, -0.25) is 0 Å². The standard InChI is InChI=1S/C15H18N2O2/c1-11-10-14(6-7-15(11)17)19-9-8-18-13-4-2-12(16)3-5-13/h2-7,10H,8-9,16-17H2,1H3. The largest absolute Gasteiger partial charge is 0.490 e. The Morgan fingerprint density at radius 2 is 1.42 bits per heavy atom. The molecule has 0 aliphatic heterocycles. The molecule has 2 aromatic rings. The van der Waals surface area contributed by atoms with Gasteiger partial charge in [-0.2, -0.15) is 0 Å². The third-order valence-corrected chi connectivity index (χ3v) is 2.74. The van der Waals surface area contributed by atoms with Crippen LogP contribution in [0.5, 0.6) is 11.5 Å². The van der Waals surface area contributed by atoms with Crippen molar-refractivity contribution >= 4 is 11.4 Å². The summed E-state index contributed by atoms with van der Waals surface area (Å²) in [6.45, 7) is 2.91. The van der Waals surface area contributed by atoms with Crippen molar-refractivity contribution < 1.29 is 9.47 Å². The molecular weight excluding hydrogens is 240 g/mol. The number of hydrogen-bond donors (Lipinski definition) is 2. The molecule has 2 aromatic carbocycles. The highest BCUT2D eigenvalue weighted by Gasteiger charge is 1.98. The van der Waals surface area contributed by atoms with Crippen LogP contribution >= 0.6 is 0 Å². The van der Waals surface area contributed by atoms with E-state index in [1.54, 1.807) is 12.1 Å². The summed E-state index contributed by atoms with van der Waals surface area (Å²) < 4.78 is 11.1. The maximum absolute atomic E-state index is 5.74. The van der Waals surface area contributed by atoms with E-state index in [-0.39, 0.29) is 0 Å². The fourth-order valence-corrected chi connectivity index (χ4v) is 1.62. The van der Waals surface area contributed by atoms with E-state index in [1.807, 2.05) is 37.3 Å². The minimum atomic E-state index is 0.480. The van der Waals surface area contributed by atoms with E-state index in [2.05, 4.69) is 0 Å². The van der Waals surface area contributed by atoms with Crippen molar-refractivity contribution in [2.45, 2.75) is 6.92 Å². The van der Waals surface area contributed by atoms with Crippen molar-refractivity contribution in [3.8, 4) is 11.5 Å². The zero-order chi connectivity index (χ0) is 13.7. The second-order valence-corrected chi connectivity index (χ2v) is 4.28. The van der Waals surface area contributed by atoms with Gasteiger partial charge in [0.25, 0.3) is 0 Å². The van der Waals surface area contributed by atoms with Crippen LogP contribution in [0.3, 0.4) is 0 Å². The zero-order valence-corrected chi connectivity index (χ0v) is 10.9. The van der Waals surface area contributed by atoms with E-state index in [4.69, 9.17) is 20.9 Å². The Kier molecular flexibility index (Phi) is 4.13. The van der Waals surface area contributed by atoms with Crippen molar-refractivity contribution in [3.63, 3.8) is 0 Å². The fourth-order valence-electron chi connectivity index (χ4n) is 1.62. The van der Waals surface area contributed by atoms with Crippen LogP contribution < -0.4 is 20.9 Å². The molecule has 100 valence electrons. The topological polar surface area (TPSA) is 70.5 Å². The molecule has 0 fully saturated rings. The second kappa shape index (κ2) is 6.00. The first-order chi connectivity index (χ1) is 9.15. The molecule has 0 saturated carbocycles. The summed E-state index contributed by atoms with van der Waals surface area (Å²) in [5, 5.41) is 0. The maximum atomic E-state index is 5.74. The summed E-state index contributed by atoms with van der Waals surface area (Å²) in [5.74, 6) is 1.58. The molecule has 0 saturated heterocycles. The molecule has 4 nitrogen and oxygen atoms in total. The smallest absolute Gasteiger partial charge is 0.122 e. The van der Waals surface area contributed by atoms with Gasteiger partial charge in [-0.25, -0.2) is 0 Å². The number of hydrogen-bond acceptors (Lipinski definition) is 4. The first kappa shape index (κ1) is 13.1. The molecule has 0 radical (unpaired) electrons. The SMILES string of the molecule is Cc1cc(OCCOc2ccc(N)cc2)ccc1N. The Bertz CT molecular complexity index is 538. The molecular formula is C15H18N2O2. The molecule has 0 atom stereocenters. The first-order valence-electron chi connectivity index (χ1n) is 6.12. The summed E-state index contributed by atoms with van der Waals surface area (Å²) in [6.07, 6.45) is 0. The van der Waals surface area contributed by atoms with Crippen molar-refractivity contribution in [1.29, 1.82) is 0 Å². The summed E-state index contributed by atoms with van der Waals surface area (Å²) in [7, 11) is 0. The summed E-state index contributed by atoms with van der Waals surface area (Å²) in [5.41, 5.74) is 13.8. The molecule has 4 N–H and O–H groups in total. The summed E-state index contributed by atoms with van der Waals surface area (Å²) in [4.78, 5) is 0. The zero-order valence-electron chi connectivity index (χ0n) is 10.9. The molecule has 19 heavy (non-hydrogen) atoms. The Morgan fingerprint density at radius 1 is 0.842 bits per heavy atom. The lowest BCUT2D eigenvalue weighted by atomic mass is 10.2. The van der Waals surface area contributed by atoms with Gasteiger partial charge < -0.3 is 20.9 Å². The number of nitrogens with two attached hydrogens (primary N) is 2. The maximum Gasteiger partial charge on any atom is 0.122 e. The Morgan fingerprint density at radius 3 is 2.05 bits per heavy atom. The lowest BCUT2D eigenvalue weighted by Crippen LogP contribution is -2.09. The number of benzene rings is 2. The number of nitrogen functional groups attached to an aromatic ring is 2. The molecule has 0 aromatic heterocycles. The van der Waals surface area contributed by atoms with Gasteiger partial charge in [0.2, 0.25) is 0 Å². The molecule has 2 rings (SSSR count). The van der Waals surface area contributed by atoms with E-state index in [9.17, 15) is 0 Å². The highest BCUT2D eigenvalue weighted by atomic mass is 16.5. The molecule has 0 bridgehead atoms. The van der Waals surface area contributed by atoms with Crippen LogP contribution in [0.25, 0.3) is 0 Å². The number of ether oxygens (including phenoxy) is 2. The minimum Gasteiger partial charge on any atom is -0.490 e. The highest BCUT2D eigenvalue weighted by Crippen LogP contribution is 2.18. The van der Waals surface area contributed by atoms with Crippen molar-refractivity contribution in [2.24, 2.45) is 0 Å². The monoisotopic (exact) mass is 258 g/mol. The lowest BCUT2D eigenvalue weighted by Gasteiger charge is -2.09. The van der Waals surface area contributed by atoms with Crippen molar-refractivity contribution in [1.82, 2.24) is 0 Å². The number of aryl methyl sites for hydroxylation is 1. The lowest BCUT2D eigenvalue weighted by molar-refractivity contribution is 0.217. The fraction of sp³-hybridized carbons (Fsp3) is 0.200. The van der Waals surface area contributed by atoms with Gasteiger partial charge >= 0.3 is 0 Å². The number of rotatable bonds is 5. The Labute approximate surface area is 112 Å². The summed E-state index contributed by atoms with van der Waals surface area (Å²) >= 11 is 0. The predicted molar refractivity (Wildman–Crippen MR) is 77.4 cm³/mol. The number of anilines is 2. The third-order valence-electron chi connectivity index (χ3n) is 2.74. The van der Waals surface area contributed by atoms with Crippen LogP contribution in [0.4, 0.5) is 11.4 Å². The van der Waals surface area contributed by atoms with Crippen LogP contribution in [0, 0.1) is 6.92 Å². The highest BCUT2D eigenvalue weighted by molar-refractivity contribution is 5.49. The van der Waals surface area contributed by atoms with Gasteiger partial charge in [0, 0.05) is 11.4 Å². The van der Waals surface area contributed by atoms with E-state index < -0.39 is 0 Å². The van der Waals surface area contributed by atoms with Crippen molar-refractivity contribution in [3.05, 3.63) is 48.0 Å². The normalized spacial score (nSPS) is 10.2. The van der Waals surface area contributed by atoms with Crippen LogP contribution in [0.2, 0.25) is 0 Å². The van der Waals surface area contributed by atoms with Crippen LogP contribution in [-0.2, 0) is 0 Å². The van der Waals surface area contributed by atoms with Gasteiger partial charge in [0.05, 0.1) is 0 Å². The van der Waals surface area contributed by atoms with E-state index in [1.165, 1.54) is 0 Å². The summed E-state index contributed by atoms with van der Waals surface area (Å²) in [6, 6.07) is 12.9. The van der Waals surface area contributed by atoms with Crippen LogP contribution in [0.1, 0.15) is 5.56 Å². The molecule has 0 unspecified atom stereocenters. The van der Waals surface area contributed by atoms with Gasteiger partial charge in [0.1, 0.15) is 24.7 Å². The molecule has 0 heterocycles. The van der Waals surface area contributed by atoms with Gasteiger partial charge in [0.15, 0.2) is 0 Å². The van der Waals surface area contributed by atoms with Crippen molar-refractivity contribution in [2.75, 3.05) is 24.7 Å². The third kappa shape index (κ3) is 3.81. The Hall–Kier alpha value is -2.36. The average Bonchev–Trinajstić information content (AvgIpc) is 2.41. The molecule has 0 spiro atoms. The van der Waals surface area contributed by atoms with Gasteiger partial charge in [-0.05, 0) is 55.0 Å². The Balaban J connectivity index is 1.77. The minimum absolute atomic E-state index is 0.480. The molecule has 0 aliphatic rings. The van der Waals surface area contributed by atoms with Gasteiger partial charge in [-0.1, -0.05) is 0 Å². The average molecular weight is 258 g/mol. The quantitative estimate of drug-likeness (QED) is 0.639. The van der Waals surface area contributed by atoms with Crippen LogP contribution in [0.15, 0.2) is 42.5 Å². The predicted octanol–water partition coefficient (Wildman–Crippen LogP) is 2.62.